The minimum atomic E-state index is 0.171. The van der Waals surface area contributed by atoms with Gasteiger partial charge in [-0.3, -0.25) is 4.79 Å². The molecule has 0 spiro atoms. The first-order chi connectivity index (χ1) is 9.20. The minimum absolute atomic E-state index is 0.171. The van der Waals surface area contributed by atoms with Crippen molar-refractivity contribution in [2.75, 3.05) is 19.0 Å². The SMILES string of the molecule is CNC(c1ccc2c(c1)CC(=O)N2C)c1cccs1. The maximum atomic E-state index is 11.7. The van der Waals surface area contributed by atoms with Crippen LogP contribution in [0.15, 0.2) is 35.7 Å². The summed E-state index contributed by atoms with van der Waals surface area (Å²) in [6, 6.07) is 10.7. The van der Waals surface area contributed by atoms with E-state index in [1.807, 2.05) is 20.2 Å². The molecule has 0 saturated heterocycles. The second-order valence-corrected chi connectivity index (χ2v) is 5.73. The second-order valence-electron chi connectivity index (χ2n) is 4.75. The van der Waals surface area contributed by atoms with Crippen molar-refractivity contribution in [1.82, 2.24) is 5.32 Å². The third-order valence-electron chi connectivity index (χ3n) is 3.63. The lowest BCUT2D eigenvalue weighted by Crippen LogP contribution is -2.20. The molecule has 1 unspecified atom stereocenters. The fourth-order valence-electron chi connectivity index (χ4n) is 2.60. The molecular weight excluding hydrogens is 256 g/mol. The Kier molecular flexibility index (Phi) is 3.12. The Hall–Kier alpha value is -1.65. The van der Waals surface area contributed by atoms with Crippen molar-refractivity contribution in [3.63, 3.8) is 0 Å². The zero-order valence-electron chi connectivity index (χ0n) is 11.0. The molecule has 0 saturated carbocycles. The van der Waals surface area contributed by atoms with Crippen LogP contribution in [0.1, 0.15) is 22.0 Å². The molecule has 1 amide bonds. The fraction of sp³-hybridized carbons (Fsp3) is 0.267. The first-order valence-electron chi connectivity index (χ1n) is 6.30. The quantitative estimate of drug-likeness (QED) is 0.931. The molecule has 1 aromatic carbocycles. The fourth-order valence-corrected chi connectivity index (χ4v) is 3.46. The average Bonchev–Trinajstić information content (AvgIpc) is 3.01. The van der Waals surface area contributed by atoms with E-state index in [0.717, 1.165) is 11.3 Å². The summed E-state index contributed by atoms with van der Waals surface area (Å²) < 4.78 is 0. The maximum Gasteiger partial charge on any atom is 0.231 e. The van der Waals surface area contributed by atoms with Gasteiger partial charge >= 0.3 is 0 Å². The van der Waals surface area contributed by atoms with Gasteiger partial charge in [0.25, 0.3) is 0 Å². The van der Waals surface area contributed by atoms with Gasteiger partial charge in [-0.25, -0.2) is 0 Å². The van der Waals surface area contributed by atoms with Gasteiger partial charge in [0.2, 0.25) is 5.91 Å². The van der Waals surface area contributed by atoms with Gasteiger partial charge in [-0.2, -0.15) is 0 Å². The monoisotopic (exact) mass is 272 g/mol. The second kappa shape index (κ2) is 4.79. The highest BCUT2D eigenvalue weighted by molar-refractivity contribution is 7.10. The number of hydrogen-bond donors (Lipinski definition) is 1. The van der Waals surface area contributed by atoms with Crippen LogP contribution in [0, 0.1) is 0 Å². The molecule has 0 bridgehead atoms. The Labute approximate surface area is 116 Å². The summed E-state index contributed by atoms with van der Waals surface area (Å²) in [6.45, 7) is 0. The van der Waals surface area contributed by atoms with Crippen molar-refractivity contribution in [3.8, 4) is 0 Å². The van der Waals surface area contributed by atoms with Crippen LogP contribution < -0.4 is 10.2 Å². The van der Waals surface area contributed by atoms with Gasteiger partial charge in [0, 0.05) is 17.6 Å². The number of carbonyl (C=O) groups is 1. The van der Waals surface area contributed by atoms with Gasteiger partial charge in [-0.05, 0) is 35.7 Å². The smallest absolute Gasteiger partial charge is 0.231 e. The summed E-state index contributed by atoms with van der Waals surface area (Å²) in [6.07, 6.45) is 0.514. The summed E-state index contributed by atoms with van der Waals surface area (Å²) in [5.74, 6) is 0.171. The van der Waals surface area contributed by atoms with E-state index in [-0.39, 0.29) is 11.9 Å². The molecule has 4 heteroatoms. The minimum Gasteiger partial charge on any atom is -0.315 e. The van der Waals surface area contributed by atoms with Gasteiger partial charge in [0.05, 0.1) is 12.5 Å². The van der Waals surface area contributed by atoms with Gasteiger partial charge in [-0.1, -0.05) is 18.2 Å². The zero-order valence-corrected chi connectivity index (χ0v) is 11.8. The lowest BCUT2D eigenvalue weighted by atomic mass is 10.0. The number of fused-ring (bicyclic) bond motifs is 1. The van der Waals surface area contributed by atoms with E-state index in [4.69, 9.17) is 0 Å². The molecular formula is C15H16N2OS. The van der Waals surface area contributed by atoms with Crippen LogP contribution in [0.4, 0.5) is 5.69 Å². The predicted octanol–water partition coefficient (Wildman–Crippen LogP) is 2.58. The van der Waals surface area contributed by atoms with Crippen LogP contribution in [0.2, 0.25) is 0 Å². The number of carbonyl (C=O) groups excluding carboxylic acids is 1. The summed E-state index contributed by atoms with van der Waals surface area (Å²) in [5, 5.41) is 5.43. The number of hydrogen-bond acceptors (Lipinski definition) is 3. The van der Waals surface area contributed by atoms with Crippen LogP contribution in [-0.4, -0.2) is 20.0 Å². The number of anilines is 1. The lowest BCUT2D eigenvalue weighted by Gasteiger charge is -2.17. The molecule has 3 nitrogen and oxygen atoms in total. The molecule has 1 aliphatic heterocycles. The van der Waals surface area contributed by atoms with E-state index in [1.165, 1.54) is 10.4 Å². The van der Waals surface area contributed by atoms with Crippen molar-refractivity contribution in [3.05, 3.63) is 51.7 Å². The van der Waals surface area contributed by atoms with Gasteiger partial charge in [-0.15, -0.1) is 11.3 Å². The highest BCUT2D eigenvalue weighted by Gasteiger charge is 2.25. The standard InChI is InChI=1S/C15H16N2OS/c1-16-15(13-4-3-7-19-13)10-5-6-12-11(8-10)9-14(18)17(12)2/h3-8,15-16H,9H2,1-2H3. The number of likely N-dealkylation sites (N-methyl/N-ethyl adjacent to an activating group) is 1. The lowest BCUT2D eigenvalue weighted by molar-refractivity contribution is -0.117. The summed E-state index contributed by atoms with van der Waals surface area (Å²) in [7, 11) is 3.80. The van der Waals surface area contributed by atoms with Crippen LogP contribution in [0.5, 0.6) is 0 Å². The van der Waals surface area contributed by atoms with E-state index < -0.39 is 0 Å². The molecule has 1 aromatic heterocycles. The highest BCUT2D eigenvalue weighted by atomic mass is 32.1. The topological polar surface area (TPSA) is 32.3 Å². The Morgan fingerprint density at radius 2 is 2.21 bits per heavy atom. The van der Waals surface area contributed by atoms with Crippen LogP contribution in [0.3, 0.4) is 0 Å². The molecule has 1 aliphatic rings. The zero-order chi connectivity index (χ0) is 13.4. The molecule has 2 aromatic rings. The van der Waals surface area contributed by atoms with Crippen molar-refractivity contribution in [2.45, 2.75) is 12.5 Å². The number of thiophene rings is 1. The molecule has 1 atom stereocenters. The normalized spacial score (nSPS) is 15.7. The van der Waals surface area contributed by atoms with E-state index in [9.17, 15) is 4.79 Å². The third-order valence-corrected chi connectivity index (χ3v) is 4.57. The van der Waals surface area contributed by atoms with Gasteiger partial charge < -0.3 is 10.2 Å². The summed E-state index contributed by atoms with van der Waals surface area (Å²) in [4.78, 5) is 14.7. The van der Waals surface area contributed by atoms with Crippen LogP contribution >= 0.6 is 11.3 Å². The maximum absolute atomic E-state index is 11.7. The first kappa shape index (κ1) is 12.4. The van der Waals surface area contributed by atoms with Crippen molar-refractivity contribution < 1.29 is 4.79 Å². The van der Waals surface area contributed by atoms with Crippen molar-refractivity contribution in [1.29, 1.82) is 0 Å². The number of benzene rings is 1. The van der Waals surface area contributed by atoms with Crippen LogP contribution in [0.25, 0.3) is 0 Å². The number of nitrogens with one attached hydrogen (secondary N) is 1. The third kappa shape index (κ3) is 2.07. The highest BCUT2D eigenvalue weighted by Crippen LogP contribution is 2.32. The molecule has 0 aliphatic carbocycles. The van der Waals surface area contributed by atoms with Crippen LogP contribution in [-0.2, 0) is 11.2 Å². The summed E-state index contributed by atoms with van der Waals surface area (Å²) >= 11 is 1.74. The Balaban J connectivity index is 1.99. The van der Waals surface area contributed by atoms with Gasteiger partial charge in [0.15, 0.2) is 0 Å². The van der Waals surface area contributed by atoms with Crippen molar-refractivity contribution in [2.24, 2.45) is 0 Å². The molecule has 98 valence electrons. The van der Waals surface area contributed by atoms with E-state index in [1.54, 1.807) is 16.2 Å². The number of amides is 1. The largest absolute Gasteiger partial charge is 0.315 e. The Morgan fingerprint density at radius 1 is 1.37 bits per heavy atom. The van der Waals surface area contributed by atoms with Crippen molar-refractivity contribution >= 4 is 22.9 Å². The molecule has 0 radical (unpaired) electrons. The van der Waals surface area contributed by atoms with E-state index in [0.29, 0.717) is 6.42 Å². The molecule has 2 heterocycles. The van der Waals surface area contributed by atoms with E-state index >= 15 is 0 Å². The molecule has 3 rings (SSSR count). The summed E-state index contributed by atoms with van der Waals surface area (Å²) in [5.41, 5.74) is 3.38. The van der Waals surface area contributed by atoms with E-state index in [2.05, 4.69) is 35.0 Å². The molecule has 19 heavy (non-hydrogen) atoms. The molecule has 0 fully saturated rings. The predicted molar refractivity (Wildman–Crippen MR) is 78.8 cm³/mol. The Bertz CT molecular complexity index is 607. The van der Waals surface area contributed by atoms with Gasteiger partial charge in [0.1, 0.15) is 0 Å². The average molecular weight is 272 g/mol. The molecule has 1 N–H and O–H groups in total. The first-order valence-corrected chi connectivity index (χ1v) is 7.18. The number of nitrogens with zero attached hydrogens (tertiary/aromatic N) is 1. The number of rotatable bonds is 3. The Morgan fingerprint density at radius 3 is 2.89 bits per heavy atom.